The molecule has 0 amide bonds. The molecule has 2 aliphatic heterocycles. The van der Waals surface area contributed by atoms with E-state index in [2.05, 4.69) is 0 Å². The first-order valence-electron chi connectivity index (χ1n) is 7.81. The maximum Gasteiger partial charge on any atom is 0.0701 e. The topological polar surface area (TPSA) is 29.5 Å². The number of halogens is 1. The van der Waals surface area contributed by atoms with Crippen molar-refractivity contribution in [1.82, 2.24) is 0 Å². The molecule has 21 heavy (non-hydrogen) atoms. The van der Waals surface area contributed by atoms with Crippen LogP contribution in [0, 0.1) is 5.92 Å². The van der Waals surface area contributed by atoms with Gasteiger partial charge in [0.1, 0.15) is 0 Å². The summed E-state index contributed by atoms with van der Waals surface area (Å²) in [6.45, 7) is 0.794. The van der Waals surface area contributed by atoms with Gasteiger partial charge in [0.15, 0.2) is 0 Å². The summed E-state index contributed by atoms with van der Waals surface area (Å²) < 4.78 is 6.11. The Bertz CT molecular complexity index is 468. The number of aliphatic hydroxyl groups is 1. The molecule has 0 saturated carbocycles. The summed E-state index contributed by atoms with van der Waals surface area (Å²) in [6, 6.07) is 7.83. The van der Waals surface area contributed by atoms with Gasteiger partial charge in [0.05, 0.1) is 11.7 Å². The van der Waals surface area contributed by atoms with E-state index in [9.17, 15) is 5.11 Å². The maximum absolute atomic E-state index is 10.6. The summed E-state index contributed by atoms with van der Waals surface area (Å²) in [4.78, 5) is 0. The van der Waals surface area contributed by atoms with Crippen LogP contribution in [0.15, 0.2) is 24.3 Å². The molecule has 1 spiro atoms. The average molecular weight is 327 g/mol. The number of benzene rings is 1. The molecule has 2 atom stereocenters. The monoisotopic (exact) mass is 326 g/mol. The van der Waals surface area contributed by atoms with E-state index in [1.165, 1.54) is 11.5 Å². The maximum atomic E-state index is 10.6. The number of hydrogen-bond donors (Lipinski definition) is 1. The van der Waals surface area contributed by atoms with Crippen LogP contribution in [0.3, 0.4) is 0 Å². The van der Waals surface area contributed by atoms with Gasteiger partial charge >= 0.3 is 0 Å². The van der Waals surface area contributed by atoms with Crippen LogP contribution < -0.4 is 0 Å². The van der Waals surface area contributed by atoms with Gasteiger partial charge in [-0.25, -0.2) is 0 Å². The van der Waals surface area contributed by atoms with Crippen molar-refractivity contribution in [3.63, 3.8) is 0 Å². The number of thioether (sulfide) groups is 1. The molecule has 0 radical (unpaired) electrons. The van der Waals surface area contributed by atoms with E-state index < -0.39 is 0 Å². The van der Waals surface area contributed by atoms with Crippen LogP contribution in [-0.4, -0.2) is 34.9 Å². The first kappa shape index (κ1) is 15.7. The van der Waals surface area contributed by atoms with E-state index >= 15 is 0 Å². The average Bonchev–Trinajstić information content (AvgIpc) is 2.48. The zero-order chi connectivity index (χ0) is 14.7. The summed E-state index contributed by atoms with van der Waals surface area (Å²) in [5, 5.41) is 11.4. The minimum Gasteiger partial charge on any atom is -0.392 e. The van der Waals surface area contributed by atoms with Crippen molar-refractivity contribution >= 4 is 23.4 Å². The van der Waals surface area contributed by atoms with Crippen molar-refractivity contribution in [3.8, 4) is 0 Å². The Labute approximate surface area is 136 Å². The second kappa shape index (κ2) is 6.91. The quantitative estimate of drug-likeness (QED) is 0.912. The van der Waals surface area contributed by atoms with E-state index in [0.29, 0.717) is 12.3 Å². The number of aliphatic hydroxyl groups excluding tert-OH is 1. The molecule has 1 aromatic rings. The lowest BCUT2D eigenvalue weighted by Gasteiger charge is -2.44. The van der Waals surface area contributed by atoms with Crippen LogP contribution in [0.2, 0.25) is 5.02 Å². The molecule has 1 N–H and O–H groups in total. The highest BCUT2D eigenvalue weighted by molar-refractivity contribution is 7.99. The summed E-state index contributed by atoms with van der Waals surface area (Å²) >= 11 is 8.05. The summed E-state index contributed by atoms with van der Waals surface area (Å²) in [5.41, 5.74) is 1.17. The molecule has 3 rings (SSSR count). The zero-order valence-corrected chi connectivity index (χ0v) is 13.8. The van der Waals surface area contributed by atoms with Crippen LogP contribution in [0.4, 0.5) is 0 Å². The largest absolute Gasteiger partial charge is 0.392 e. The molecule has 2 heterocycles. The van der Waals surface area contributed by atoms with Crippen molar-refractivity contribution in [1.29, 1.82) is 0 Å². The number of hydrogen-bond acceptors (Lipinski definition) is 3. The molecule has 116 valence electrons. The molecule has 4 heteroatoms. The fraction of sp³-hybridized carbons (Fsp3) is 0.647. The first-order valence-corrected chi connectivity index (χ1v) is 9.34. The van der Waals surface area contributed by atoms with Crippen LogP contribution in [0.1, 0.15) is 31.2 Å². The molecule has 0 aliphatic carbocycles. The Balaban J connectivity index is 1.62. The summed E-state index contributed by atoms with van der Waals surface area (Å²) in [6.07, 6.45) is 4.65. The highest BCUT2D eigenvalue weighted by Crippen LogP contribution is 2.41. The molecule has 2 fully saturated rings. The number of ether oxygens (including phenoxy) is 1. The molecule has 2 nitrogen and oxygen atoms in total. The fourth-order valence-corrected chi connectivity index (χ4v) is 5.01. The van der Waals surface area contributed by atoms with E-state index in [4.69, 9.17) is 16.3 Å². The molecule has 0 bridgehead atoms. The second-order valence-electron chi connectivity index (χ2n) is 6.30. The predicted molar refractivity (Wildman–Crippen MR) is 89.1 cm³/mol. The van der Waals surface area contributed by atoms with E-state index in [1.54, 1.807) is 0 Å². The van der Waals surface area contributed by atoms with Gasteiger partial charge < -0.3 is 9.84 Å². The third-order valence-electron chi connectivity index (χ3n) is 4.81. The Morgan fingerprint density at radius 2 is 2.19 bits per heavy atom. The number of rotatable bonds is 3. The van der Waals surface area contributed by atoms with Crippen molar-refractivity contribution in [2.75, 3.05) is 18.1 Å². The van der Waals surface area contributed by atoms with Gasteiger partial charge in [-0.3, -0.25) is 0 Å². The van der Waals surface area contributed by atoms with Gasteiger partial charge in [-0.2, -0.15) is 11.8 Å². The molecule has 2 saturated heterocycles. The highest BCUT2D eigenvalue weighted by Gasteiger charge is 2.40. The van der Waals surface area contributed by atoms with Gasteiger partial charge in [0.2, 0.25) is 0 Å². The first-order chi connectivity index (χ1) is 10.2. The molecule has 2 unspecified atom stereocenters. The van der Waals surface area contributed by atoms with E-state index in [-0.39, 0.29) is 11.7 Å². The van der Waals surface area contributed by atoms with Crippen LogP contribution in [0.5, 0.6) is 0 Å². The Kier molecular flexibility index (Phi) is 5.15. The lowest BCUT2D eigenvalue weighted by molar-refractivity contribution is -0.120. The summed E-state index contributed by atoms with van der Waals surface area (Å²) in [5.74, 6) is 2.73. The normalized spacial score (nSPS) is 26.7. The van der Waals surface area contributed by atoms with Crippen LogP contribution in [0.25, 0.3) is 0 Å². The van der Waals surface area contributed by atoms with Gasteiger partial charge in [0.25, 0.3) is 0 Å². The standard InChI is InChI=1S/C17H23ClO2S/c18-15-3-1-2-13(10-15)11-16(19)14-4-7-20-17(12-14)5-8-21-9-6-17/h1-3,10,14,16,19H,4-9,11-12H2. The Hall–Kier alpha value is -0.220. The molecular weight excluding hydrogens is 304 g/mol. The molecule has 0 aromatic heterocycles. The van der Waals surface area contributed by atoms with Gasteiger partial charge in [-0.15, -0.1) is 0 Å². The Morgan fingerprint density at radius 3 is 2.95 bits per heavy atom. The molecule has 2 aliphatic rings. The second-order valence-corrected chi connectivity index (χ2v) is 7.96. The van der Waals surface area contributed by atoms with Gasteiger partial charge in [0, 0.05) is 11.6 Å². The van der Waals surface area contributed by atoms with E-state index in [0.717, 1.165) is 42.9 Å². The molecular formula is C17H23ClO2S. The van der Waals surface area contributed by atoms with Crippen LogP contribution >= 0.6 is 23.4 Å². The minimum absolute atomic E-state index is 0.0451. The summed E-state index contributed by atoms with van der Waals surface area (Å²) in [7, 11) is 0. The molecule has 1 aromatic carbocycles. The predicted octanol–water partition coefficient (Wildman–Crippen LogP) is 3.94. The van der Waals surface area contributed by atoms with Gasteiger partial charge in [-0.1, -0.05) is 23.7 Å². The van der Waals surface area contributed by atoms with Crippen molar-refractivity contribution in [2.24, 2.45) is 5.92 Å². The fourth-order valence-electron chi connectivity index (χ4n) is 3.56. The minimum atomic E-state index is -0.293. The lowest BCUT2D eigenvalue weighted by Crippen LogP contribution is -2.45. The smallest absolute Gasteiger partial charge is 0.0701 e. The zero-order valence-electron chi connectivity index (χ0n) is 12.3. The van der Waals surface area contributed by atoms with Crippen molar-refractivity contribution in [2.45, 2.75) is 43.8 Å². The third kappa shape index (κ3) is 3.95. The van der Waals surface area contributed by atoms with Gasteiger partial charge in [-0.05, 0) is 67.2 Å². The Morgan fingerprint density at radius 1 is 1.38 bits per heavy atom. The van der Waals surface area contributed by atoms with Crippen LogP contribution in [-0.2, 0) is 11.2 Å². The highest BCUT2D eigenvalue weighted by atomic mass is 35.5. The lowest BCUT2D eigenvalue weighted by atomic mass is 9.78. The van der Waals surface area contributed by atoms with E-state index in [1.807, 2.05) is 36.0 Å². The van der Waals surface area contributed by atoms with Crippen molar-refractivity contribution < 1.29 is 9.84 Å². The third-order valence-corrected chi connectivity index (χ3v) is 6.03. The van der Waals surface area contributed by atoms with Crippen molar-refractivity contribution in [3.05, 3.63) is 34.9 Å². The SMILES string of the molecule is OC(Cc1cccc(Cl)c1)C1CCOC2(CCSCC2)C1.